The van der Waals surface area contributed by atoms with Gasteiger partial charge in [-0.2, -0.15) is 5.21 Å². The highest BCUT2D eigenvalue weighted by molar-refractivity contribution is 5.39. The molecule has 1 fully saturated rings. The molecule has 1 N–H and O–H groups in total. The molecule has 0 spiro atoms. The summed E-state index contributed by atoms with van der Waals surface area (Å²) < 4.78 is 13.5. The lowest BCUT2D eigenvalue weighted by Gasteiger charge is -2.35. The maximum atomic E-state index is 5.83. The minimum atomic E-state index is -0.109. The number of ether oxygens (including phenoxy) is 2. The minimum absolute atomic E-state index is 0.109. The third-order valence-corrected chi connectivity index (χ3v) is 4.38. The molecule has 8 nitrogen and oxygen atoms in total. The van der Waals surface area contributed by atoms with Gasteiger partial charge in [-0.3, -0.25) is 0 Å². The molecular weight excluding hydrogens is 320 g/mol. The molecule has 3 aromatic rings. The molecule has 0 radical (unpaired) electrons. The van der Waals surface area contributed by atoms with Gasteiger partial charge in [-0.25, -0.2) is 4.98 Å². The van der Waals surface area contributed by atoms with Crippen LogP contribution in [0.4, 0.5) is 0 Å². The van der Waals surface area contributed by atoms with Gasteiger partial charge in [0.2, 0.25) is 0 Å². The van der Waals surface area contributed by atoms with Crippen LogP contribution in [-0.4, -0.2) is 42.4 Å². The zero-order valence-corrected chi connectivity index (χ0v) is 14.2. The van der Waals surface area contributed by atoms with Crippen molar-refractivity contribution < 1.29 is 9.47 Å². The molecule has 8 heteroatoms. The standard InChI is InChI=1S/C17H20N6O2/c1-17(2)11-12(7-10-24-17)15-18-8-9-23(15)13-3-5-14(6-4-13)25-16-19-21-22-20-16/h3-6,8-9,12H,7,10-11H2,1-2H3,(H,19,20,21,22)/t12-/m1/s1. The fourth-order valence-corrected chi connectivity index (χ4v) is 3.26. The van der Waals surface area contributed by atoms with Crippen molar-refractivity contribution in [3.63, 3.8) is 0 Å². The van der Waals surface area contributed by atoms with Crippen LogP contribution in [0.15, 0.2) is 36.7 Å². The van der Waals surface area contributed by atoms with E-state index in [1.165, 1.54) is 0 Å². The maximum absolute atomic E-state index is 5.83. The summed E-state index contributed by atoms with van der Waals surface area (Å²) in [6, 6.07) is 7.93. The first-order valence-corrected chi connectivity index (χ1v) is 8.30. The molecule has 0 saturated carbocycles. The molecular formula is C17H20N6O2. The van der Waals surface area contributed by atoms with Gasteiger partial charge in [0, 0.05) is 30.6 Å². The number of nitrogens with zero attached hydrogens (tertiary/aromatic N) is 5. The average molecular weight is 340 g/mol. The highest BCUT2D eigenvalue weighted by Gasteiger charge is 2.32. The number of aromatic nitrogens is 6. The normalized spacial score (nSPS) is 19.7. The summed E-state index contributed by atoms with van der Waals surface area (Å²) in [4.78, 5) is 4.61. The molecule has 1 aromatic carbocycles. The molecule has 0 aliphatic carbocycles. The van der Waals surface area contributed by atoms with Crippen LogP contribution in [0.5, 0.6) is 11.8 Å². The number of imidazole rings is 1. The van der Waals surface area contributed by atoms with Gasteiger partial charge < -0.3 is 14.0 Å². The molecule has 0 unspecified atom stereocenters. The molecule has 1 aliphatic heterocycles. The first-order chi connectivity index (χ1) is 12.1. The second kappa shape index (κ2) is 6.29. The largest absolute Gasteiger partial charge is 0.422 e. The number of nitrogens with one attached hydrogen (secondary N) is 1. The molecule has 0 bridgehead atoms. The lowest BCUT2D eigenvalue weighted by Crippen LogP contribution is -2.33. The summed E-state index contributed by atoms with van der Waals surface area (Å²) in [6.07, 6.45) is 5.79. The first kappa shape index (κ1) is 15.8. The Balaban J connectivity index is 1.55. The van der Waals surface area contributed by atoms with Gasteiger partial charge in [0.25, 0.3) is 0 Å². The molecule has 3 heterocycles. The second-order valence-electron chi connectivity index (χ2n) is 6.74. The van der Waals surface area contributed by atoms with Crippen LogP contribution >= 0.6 is 0 Å². The van der Waals surface area contributed by atoms with Crippen LogP contribution in [-0.2, 0) is 4.74 Å². The number of hydrogen-bond donors (Lipinski definition) is 1. The van der Waals surface area contributed by atoms with Gasteiger partial charge in [-0.15, -0.1) is 0 Å². The van der Waals surface area contributed by atoms with E-state index in [1.807, 2.05) is 36.7 Å². The maximum Gasteiger partial charge on any atom is 0.361 e. The van der Waals surface area contributed by atoms with E-state index in [1.54, 1.807) is 0 Å². The molecule has 130 valence electrons. The lowest BCUT2D eigenvalue weighted by atomic mass is 9.88. The van der Waals surface area contributed by atoms with Crippen LogP contribution < -0.4 is 4.74 Å². The smallest absolute Gasteiger partial charge is 0.361 e. The number of H-pyrrole nitrogens is 1. The fraction of sp³-hybridized carbons (Fsp3) is 0.412. The van der Waals surface area contributed by atoms with Crippen molar-refractivity contribution >= 4 is 0 Å². The van der Waals surface area contributed by atoms with Crippen molar-refractivity contribution in [2.75, 3.05) is 6.61 Å². The summed E-state index contributed by atoms with van der Waals surface area (Å²) in [7, 11) is 0. The van der Waals surface area contributed by atoms with E-state index in [-0.39, 0.29) is 11.6 Å². The van der Waals surface area contributed by atoms with Crippen LogP contribution in [0.25, 0.3) is 5.69 Å². The fourth-order valence-electron chi connectivity index (χ4n) is 3.26. The summed E-state index contributed by atoms with van der Waals surface area (Å²) in [5, 5.41) is 13.4. The molecule has 25 heavy (non-hydrogen) atoms. The van der Waals surface area contributed by atoms with Crippen molar-refractivity contribution in [1.29, 1.82) is 0 Å². The van der Waals surface area contributed by atoms with E-state index in [9.17, 15) is 0 Å². The minimum Gasteiger partial charge on any atom is -0.422 e. The summed E-state index contributed by atoms with van der Waals surface area (Å²) in [5.74, 6) is 2.11. The Bertz CT molecular complexity index is 825. The van der Waals surface area contributed by atoms with Crippen LogP contribution in [0.2, 0.25) is 0 Å². The van der Waals surface area contributed by atoms with Gasteiger partial charge in [0.15, 0.2) is 0 Å². The molecule has 1 saturated heterocycles. The van der Waals surface area contributed by atoms with Gasteiger partial charge >= 0.3 is 6.01 Å². The highest BCUT2D eigenvalue weighted by atomic mass is 16.5. The zero-order chi connectivity index (χ0) is 17.3. The Labute approximate surface area is 145 Å². The van der Waals surface area contributed by atoms with E-state index < -0.39 is 0 Å². The van der Waals surface area contributed by atoms with Gasteiger partial charge in [0.05, 0.1) is 5.60 Å². The molecule has 4 rings (SSSR count). The first-order valence-electron chi connectivity index (χ1n) is 8.30. The van der Waals surface area contributed by atoms with Crippen molar-refractivity contribution in [3.05, 3.63) is 42.5 Å². The average Bonchev–Trinajstić information content (AvgIpc) is 3.26. The number of rotatable bonds is 4. The highest BCUT2D eigenvalue weighted by Crippen LogP contribution is 2.35. The third kappa shape index (κ3) is 3.39. The van der Waals surface area contributed by atoms with E-state index >= 15 is 0 Å². The molecule has 0 amide bonds. The van der Waals surface area contributed by atoms with Crippen LogP contribution in [0, 0.1) is 0 Å². The summed E-state index contributed by atoms with van der Waals surface area (Å²) >= 11 is 0. The van der Waals surface area contributed by atoms with Crippen LogP contribution in [0.3, 0.4) is 0 Å². The SMILES string of the molecule is CC1(C)C[C@H](c2nccn2-c2ccc(Oc3nn[nH]n3)cc2)CCO1. The summed E-state index contributed by atoms with van der Waals surface area (Å²) in [5.41, 5.74) is 0.930. The lowest BCUT2D eigenvalue weighted by molar-refractivity contribution is -0.0604. The van der Waals surface area contributed by atoms with E-state index in [4.69, 9.17) is 9.47 Å². The van der Waals surface area contributed by atoms with Crippen molar-refractivity contribution in [1.82, 2.24) is 30.2 Å². The second-order valence-corrected chi connectivity index (χ2v) is 6.74. The number of aromatic amines is 1. The number of hydrogen-bond acceptors (Lipinski definition) is 6. The Morgan fingerprint density at radius 3 is 2.84 bits per heavy atom. The third-order valence-electron chi connectivity index (χ3n) is 4.38. The van der Waals surface area contributed by atoms with Crippen LogP contribution in [0.1, 0.15) is 38.4 Å². The number of benzene rings is 1. The van der Waals surface area contributed by atoms with E-state index in [0.717, 1.165) is 31.0 Å². The molecule has 1 atom stereocenters. The predicted molar refractivity (Wildman–Crippen MR) is 89.8 cm³/mol. The molecule has 1 aliphatic rings. The van der Waals surface area contributed by atoms with Gasteiger partial charge in [-0.1, -0.05) is 10.2 Å². The Morgan fingerprint density at radius 1 is 1.28 bits per heavy atom. The van der Waals surface area contributed by atoms with Crippen molar-refractivity contribution in [2.24, 2.45) is 0 Å². The zero-order valence-electron chi connectivity index (χ0n) is 14.2. The van der Waals surface area contributed by atoms with Gasteiger partial charge in [-0.05, 0) is 56.2 Å². The Kier molecular flexibility index (Phi) is 3.96. The van der Waals surface area contributed by atoms with Crippen molar-refractivity contribution in [3.8, 4) is 17.4 Å². The monoisotopic (exact) mass is 340 g/mol. The van der Waals surface area contributed by atoms with E-state index in [2.05, 4.69) is 44.0 Å². The van der Waals surface area contributed by atoms with E-state index in [0.29, 0.717) is 11.7 Å². The van der Waals surface area contributed by atoms with Crippen molar-refractivity contribution in [2.45, 2.75) is 38.2 Å². The van der Waals surface area contributed by atoms with Gasteiger partial charge in [0.1, 0.15) is 11.6 Å². The molecule has 2 aromatic heterocycles. The Hall–Kier alpha value is -2.74. The predicted octanol–water partition coefficient (Wildman–Crippen LogP) is 2.85. The summed E-state index contributed by atoms with van der Waals surface area (Å²) in [6.45, 7) is 5.04. The Morgan fingerprint density at radius 2 is 2.12 bits per heavy atom. The topological polar surface area (TPSA) is 90.7 Å². The quantitative estimate of drug-likeness (QED) is 0.785. The number of tetrazole rings is 1.